The zero-order valence-corrected chi connectivity index (χ0v) is 10.0. The zero-order valence-electron chi connectivity index (χ0n) is 10.0. The molecule has 0 radical (unpaired) electrons. The molecule has 0 heterocycles. The van der Waals surface area contributed by atoms with Crippen LogP contribution in [0.2, 0.25) is 0 Å². The molecule has 0 aliphatic rings. The summed E-state index contributed by atoms with van der Waals surface area (Å²) in [6.07, 6.45) is -4.70. The predicted molar refractivity (Wildman–Crippen MR) is 58.3 cm³/mol. The number of alkyl halides is 3. The molecule has 1 aromatic carbocycles. The summed E-state index contributed by atoms with van der Waals surface area (Å²) in [7, 11) is 1.18. The van der Waals surface area contributed by atoms with Crippen LogP contribution in [-0.2, 0) is 22.1 Å². The van der Waals surface area contributed by atoms with E-state index in [2.05, 4.69) is 4.74 Å². The van der Waals surface area contributed by atoms with Crippen LogP contribution in [0.25, 0.3) is 0 Å². The van der Waals surface area contributed by atoms with Crippen LogP contribution in [0.5, 0.6) is 5.75 Å². The van der Waals surface area contributed by atoms with Crippen molar-refractivity contribution in [3.05, 3.63) is 29.3 Å². The Balaban J connectivity index is 3.11. The Morgan fingerprint density at radius 2 is 2.00 bits per heavy atom. The van der Waals surface area contributed by atoms with Crippen molar-refractivity contribution in [3.63, 3.8) is 0 Å². The molecule has 0 bridgehead atoms. The summed E-state index contributed by atoms with van der Waals surface area (Å²) in [5.74, 6) is -0.355. The minimum Gasteiger partial charge on any atom is -0.494 e. The van der Waals surface area contributed by atoms with Gasteiger partial charge >= 0.3 is 12.1 Å². The van der Waals surface area contributed by atoms with Gasteiger partial charge in [0.25, 0.3) is 0 Å². The smallest absolute Gasteiger partial charge is 0.416 e. The standard InChI is InChI=1S/C12H13F3O3/c1-3-18-10-5-4-9(12(13,14)15)6-8(10)7-11(16)17-2/h4-6H,3,7H2,1-2H3. The molecule has 0 aromatic heterocycles. The summed E-state index contributed by atoms with van der Waals surface area (Å²) in [5.41, 5.74) is -0.650. The fourth-order valence-electron chi connectivity index (χ4n) is 1.42. The van der Waals surface area contributed by atoms with Crippen molar-refractivity contribution in [2.75, 3.05) is 13.7 Å². The number of carbonyl (C=O) groups excluding carboxylic acids is 1. The highest BCUT2D eigenvalue weighted by Crippen LogP contribution is 2.32. The average Bonchev–Trinajstić information content (AvgIpc) is 2.30. The quantitative estimate of drug-likeness (QED) is 0.783. The summed E-state index contributed by atoms with van der Waals surface area (Å²) in [5, 5.41) is 0. The molecule has 0 fully saturated rings. The minimum absolute atomic E-state index is 0.165. The number of rotatable bonds is 4. The molecule has 100 valence electrons. The second kappa shape index (κ2) is 5.75. The van der Waals surface area contributed by atoms with E-state index >= 15 is 0 Å². The van der Waals surface area contributed by atoms with E-state index in [1.54, 1.807) is 6.92 Å². The molecule has 6 heteroatoms. The first-order valence-corrected chi connectivity index (χ1v) is 5.28. The normalized spacial score (nSPS) is 11.2. The number of hydrogen-bond donors (Lipinski definition) is 0. The molecule has 0 N–H and O–H groups in total. The number of methoxy groups -OCH3 is 1. The van der Waals surface area contributed by atoms with Crippen LogP contribution < -0.4 is 4.74 Å². The lowest BCUT2D eigenvalue weighted by molar-refractivity contribution is -0.140. The van der Waals surface area contributed by atoms with Crippen LogP contribution >= 0.6 is 0 Å². The number of halogens is 3. The van der Waals surface area contributed by atoms with Crippen LogP contribution in [0.1, 0.15) is 18.1 Å². The molecule has 0 spiro atoms. The average molecular weight is 262 g/mol. The van der Waals surface area contributed by atoms with Gasteiger partial charge in [0.1, 0.15) is 5.75 Å². The highest BCUT2D eigenvalue weighted by Gasteiger charge is 2.31. The lowest BCUT2D eigenvalue weighted by Gasteiger charge is -2.13. The first kappa shape index (κ1) is 14.3. The number of esters is 1. The molecular formula is C12H13F3O3. The summed E-state index contributed by atoms with van der Waals surface area (Å²) in [4.78, 5) is 11.1. The first-order chi connectivity index (χ1) is 8.38. The molecule has 0 saturated carbocycles. The Morgan fingerprint density at radius 3 is 2.50 bits per heavy atom. The Labute approximate surface area is 103 Å². The van der Waals surface area contributed by atoms with Gasteiger partial charge in [0.2, 0.25) is 0 Å². The van der Waals surface area contributed by atoms with Crippen molar-refractivity contribution in [2.45, 2.75) is 19.5 Å². The second-order valence-electron chi connectivity index (χ2n) is 3.51. The van der Waals surface area contributed by atoms with Gasteiger partial charge in [-0.05, 0) is 25.1 Å². The SMILES string of the molecule is CCOc1ccc(C(F)(F)F)cc1CC(=O)OC. The van der Waals surface area contributed by atoms with E-state index in [1.807, 2.05) is 0 Å². The third-order valence-electron chi connectivity index (χ3n) is 2.25. The third kappa shape index (κ3) is 3.65. The van der Waals surface area contributed by atoms with Crippen LogP contribution in [-0.4, -0.2) is 19.7 Å². The molecular weight excluding hydrogens is 249 g/mol. The lowest BCUT2D eigenvalue weighted by Crippen LogP contribution is -2.10. The van der Waals surface area contributed by atoms with Crippen molar-refractivity contribution in [3.8, 4) is 5.75 Å². The number of ether oxygens (including phenoxy) is 2. The fourth-order valence-corrected chi connectivity index (χ4v) is 1.42. The van der Waals surface area contributed by atoms with E-state index in [4.69, 9.17) is 4.74 Å². The van der Waals surface area contributed by atoms with Crippen molar-refractivity contribution in [1.29, 1.82) is 0 Å². The van der Waals surface area contributed by atoms with Crippen molar-refractivity contribution in [2.24, 2.45) is 0 Å². The van der Waals surface area contributed by atoms with Gasteiger partial charge in [0.15, 0.2) is 0 Å². The zero-order chi connectivity index (χ0) is 13.8. The van der Waals surface area contributed by atoms with E-state index in [9.17, 15) is 18.0 Å². The summed E-state index contributed by atoms with van der Waals surface area (Å²) >= 11 is 0. The maximum atomic E-state index is 12.5. The highest BCUT2D eigenvalue weighted by molar-refractivity contribution is 5.73. The van der Waals surface area contributed by atoms with Crippen LogP contribution in [0.4, 0.5) is 13.2 Å². The monoisotopic (exact) mass is 262 g/mol. The second-order valence-corrected chi connectivity index (χ2v) is 3.51. The number of carbonyl (C=O) groups is 1. The maximum absolute atomic E-state index is 12.5. The van der Waals surface area contributed by atoms with Gasteiger partial charge in [0.05, 0.1) is 25.7 Å². The van der Waals surface area contributed by atoms with Crippen LogP contribution in [0.15, 0.2) is 18.2 Å². The third-order valence-corrected chi connectivity index (χ3v) is 2.25. The van der Waals surface area contributed by atoms with Gasteiger partial charge in [-0.25, -0.2) is 0 Å². The predicted octanol–water partition coefficient (Wildman–Crippen LogP) is 2.82. The number of benzene rings is 1. The topological polar surface area (TPSA) is 35.5 Å². The van der Waals surface area contributed by atoms with Gasteiger partial charge < -0.3 is 9.47 Å². The molecule has 1 aromatic rings. The van der Waals surface area contributed by atoms with E-state index in [1.165, 1.54) is 13.2 Å². The molecule has 18 heavy (non-hydrogen) atoms. The number of hydrogen-bond acceptors (Lipinski definition) is 3. The van der Waals surface area contributed by atoms with E-state index < -0.39 is 17.7 Å². The molecule has 0 aliphatic heterocycles. The van der Waals surface area contributed by atoms with Crippen LogP contribution in [0, 0.1) is 0 Å². The van der Waals surface area contributed by atoms with Gasteiger partial charge in [-0.1, -0.05) is 0 Å². The van der Waals surface area contributed by atoms with Gasteiger partial charge in [-0.15, -0.1) is 0 Å². The Kier molecular flexibility index (Phi) is 4.58. The molecule has 0 unspecified atom stereocenters. The molecule has 1 rings (SSSR count). The van der Waals surface area contributed by atoms with E-state index in [-0.39, 0.29) is 17.7 Å². The maximum Gasteiger partial charge on any atom is 0.416 e. The molecule has 0 saturated heterocycles. The van der Waals surface area contributed by atoms with Crippen molar-refractivity contribution < 1.29 is 27.4 Å². The van der Waals surface area contributed by atoms with Crippen molar-refractivity contribution >= 4 is 5.97 Å². The largest absolute Gasteiger partial charge is 0.494 e. The van der Waals surface area contributed by atoms with Gasteiger partial charge in [0, 0.05) is 5.56 Å². The minimum atomic E-state index is -4.45. The Morgan fingerprint density at radius 1 is 1.33 bits per heavy atom. The van der Waals surface area contributed by atoms with Gasteiger partial charge in [-0.3, -0.25) is 4.79 Å². The molecule has 0 amide bonds. The Bertz CT molecular complexity index is 427. The molecule has 3 nitrogen and oxygen atoms in total. The van der Waals surface area contributed by atoms with E-state index in [0.717, 1.165) is 12.1 Å². The van der Waals surface area contributed by atoms with Crippen molar-refractivity contribution in [1.82, 2.24) is 0 Å². The summed E-state index contributed by atoms with van der Waals surface area (Å²) in [6, 6.07) is 3.04. The summed E-state index contributed by atoms with van der Waals surface area (Å²) < 4.78 is 47.3. The highest BCUT2D eigenvalue weighted by atomic mass is 19.4. The molecule has 0 aliphatic carbocycles. The fraction of sp³-hybridized carbons (Fsp3) is 0.417. The molecule has 0 atom stereocenters. The first-order valence-electron chi connectivity index (χ1n) is 5.28. The van der Waals surface area contributed by atoms with Crippen LogP contribution in [0.3, 0.4) is 0 Å². The van der Waals surface area contributed by atoms with Gasteiger partial charge in [-0.2, -0.15) is 13.2 Å². The Hall–Kier alpha value is -1.72. The summed E-state index contributed by atoms with van der Waals surface area (Å²) in [6.45, 7) is 2.01. The lowest BCUT2D eigenvalue weighted by atomic mass is 10.1. The van der Waals surface area contributed by atoms with E-state index in [0.29, 0.717) is 6.61 Å².